The Bertz CT molecular complexity index is 632. The highest BCUT2D eigenvalue weighted by atomic mass is 16.3. The van der Waals surface area contributed by atoms with Crippen molar-refractivity contribution >= 4 is 22.9 Å². The van der Waals surface area contributed by atoms with Gasteiger partial charge in [0.1, 0.15) is 0 Å². The molecule has 1 aliphatic carbocycles. The summed E-state index contributed by atoms with van der Waals surface area (Å²) in [5.74, 6) is 0.334. The third-order valence-electron chi connectivity index (χ3n) is 3.07. The number of anilines is 2. The second kappa shape index (κ2) is 3.91. The van der Waals surface area contributed by atoms with Crippen LogP contribution < -0.4 is 11.5 Å². The monoisotopic (exact) mass is 247 g/mol. The van der Waals surface area contributed by atoms with Crippen molar-refractivity contribution in [1.82, 2.24) is 25.0 Å². The highest BCUT2D eigenvalue weighted by molar-refractivity contribution is 5.81. The molecule has 1 unspecified atom stereocenters. The van der Waals surface area contributed by atoms with Crippen LogP contribution in [0.1, 0.15) is 18.9 Å². The maximum atomic E-state index is 9.10. The van der Waals surface area contributed by atoms with E-state index in [4.69, 9.17) is 16.6 Å². The summed E-state index contributed by atoms with van der Waals surface area (Å²) in [4.78, 5) is 7.97. The summed E-state index contributed by atoms with van der Waals surface area (Å²) < 4.78 is 1.67. The van der Waals surface area contributed by atoms with Crippen LogP contribution in [-0.4, -0.2) is 36.7 Å². The third-order valence-corrected chi connectivity index (χ3v) is 3.07. The molecular weight excluding hydrogens is 234 g/mol. The van der Waals surface area contributed by atoms with E-state index in [1.54, 1.807) is 4.68 Å². The number of allylic oxidation sites excluding steroid dienone is 1. The molecule has 0 aromatic carbocycles. The lowest BCUT2D eigenvalue weighted by atomic mass is 10.2. The molecule has 8 heteroatoms. The number of hydrogen-bond donors (Lipinski definition) is 3. The fourth-order valence-corrected chi connectivity index (χ4v) is 2.19. The molecule has 3 rings (SSSR count). The molecule has 2 aromatic heterocycles. The minimum atomic E-state index is 0.0332. The molecule has 5 N–H and O–H groups in total. The van der Waals surface area contributed by atoms with E-state index in [1.807, 2.05) is 6.08 Å². The molecule has 94 valence electrons. The van der Waals surface area contributed by atoms with Crippen LogP contribution in [0.25, 0.3) is 11.2 Å². The van der Waals surface area contributed by atoms with Gasteiger partial charge in [-0.25, -0.2) is 4.68 Å². The van der Waals surface area contributed by atoms with Crippen molar-refractivity contribution in [2.45, 2.75) is 18.9 Å². The van der Waals surface area contributed by atoms with Gasteiger partial charge in [0.2, 0.25) is 5.95 Å². The molecule has 2 aromatic rings. The van der Waals surface area contributed by atoms with E-state index in [9.17, 15) is 0 Å². The number of aromatic nitrogens is 5. The summed E-state index contributed by atoms with van der Waals surface area (Å²) in [6.45, 7) is 0.0718. The van der Waals surface area contributed by atoms with Crippen molar-refractivity contribution in [3.05, 3.63) is 11.6 Å². The molecule has 18 heavy (non-hydrogen) atoms. The first-order valence-corrected chi connectivity index (χ1v) is 5.63. The Morgan fingerprint density at radius 1 is 1.39 bits per heavy atom. The van der Waals surface area contributed by atoms with E-state index in [-0.39, 0.29) is 24.4 Å². The predicted molar refractivity (Wildman–Crippen MR) is 65.4 cm³/mol. The number of aliphatic hydroxyl groups is 1. The van der Waals surface area contributed by atoms with E-state index in [1.165, 1.54) is 0 Å². The number of rotatable bonds is 2. The molecule has 0 radical (unpaired) electrons. The molecule has 0 saturated carbocycles. The van der Waals surface area contributed by atoms with E-state index < -0.39 is 0 Å². The van der Waals surface area contributed by atoms with Gasteiger partial charge < -0.3 is 16.6 Å². The Kier molecular flexibility index (Phi) is 2.37. The van der Waals surface area contributed by atoms with Crippen molar-refractivity contribution in [3.63, 3.8) is 0 Å². The Balaban J connectivity index is 2.11. The first kappa shape index (κ1) is 10.9. The van der Waals surface area contributed by atoms with Gasteiger partial charge in [0.05, 0.1) is 12.6 Å². The molecule has 0 saturated heterocycles. The lowest BCUT2D eigenvalue weighted by molar-refractivity contribution is 0.328. The normalized spacial score (nSPS) is 19.4. The fourth-order valence-electron chi connectivity index (χ4n) is 2.19. The van der Waals surface area contributed by atoms with Crippen molar-refractivity contribution < 1.29 is 5.11 Å². The zero-order valence-electron chi connectivity index (χ0n) is 9.61. The predicted octanol–water partition coefficient (Wildman–Crippen LogP) is -0.361. The maximum Gasteiger partial charge on any atom is 0.224 e. The van der Waals surface area contributed by atoms with Crippen molar-refractivity contribution in [2.24, 2.45) is 0 Å². The fraction of sp³-hybridized carbons (Fsp3) is 0.400. The van der Waals surface area contributed by atoms with Crippen LogP contribution >= 0.6 is 0 Å². The zero-order valence-corrected chi connectivity index (χ0v) is 9.61. The zero-order chi connectivity index (χ0) is 12.7. The van der Waals surface area contributed by atoms with Crippen molar-refractivity contribution in [2.75, 3.05) is 18.1 Å². The topological polar surface area (TPSA) is 129 Å². The van der Waals surface area contributed by atoms with Crippen LogP contribution in [-0.2, 0) is 0 Å². The van der Waals surface area contributed by atoms with E-state index in [0.29, 0.717) is 11.2 Å². The van der Waals surface area contributed by atoms with Gasteiger partial charge in [0.15, 0.2) is 17.0 Å². The molecule has 0 bridgehead atoms. The number of aliphatic hydroxyl groups excluding tert-OH is 1. The molecule has 1 aliphatic rings. The van der Waals surface area contributed by atoms with Gasteiger partial charge in [-0.15, -0.1) is 5.10 Å². The van der Waals surface area contributed by atoms with Crippen LogP contribution in [0, 0.1) is 0 Å². The van der Waals surface area contributed by atoms with Gasteiger partial charge in [-0.3, -0.25) is 0 Å². The first-order chi connectivity index (χ1) is 8.69. The second-order valence-corrected chi connectivity index (χ2v) is 4.26. The smallest absolute Gasteiger partial charge is 0.224 e. The number of nitrogens with two attached hydrogens (primary N) is 2. The third kappa shape index (κ3) is 1.58. The summed E-state index contributed by atoms with van der Waals surface area (Å²) in [6, 6.07) is 0.0332. The molecular formula is C10H13N7O. The van der Waals surface area contributed by atoms with Crippen LogP contribution in [0.3, 0.4) is 0 Å². The molecule has 0 spiro atoms. The van der Waals surface area contributed by atoms with Crippen molar-refractivity contribution in [3.8, 4) is 0 Å². The summed E-state index contributed by atoms with van der Waals surface area (Å²) in [5, 5.41) is 17.1. The van der Waals surface area contributed by atoms with Crippen LogP contribution in [0.4, 0.5) is 11.8 Å². The maximum absolute atomic E-state index is 9.10. The summed E-state index contributed by atoms with van der Waals surface area (Å²) >= 11 is 0. The molecule has 0 amide bonds. The average Bonchev–Trinajstić information content (AvgIpc) is 2.93. The Morgan fingerprint density at radius 2 is 2.22 bits per heavy atom. The quantitative estimate of drug-likeness (QED) is 0.618. The van der Waals surface area contributed by atoms with Crippen molar-refractivity contribution in [1.29, 1.82) is 0 Å². The van der Waals surface area contributed by atoms with Gasteiger partial charge in [-0.1, -0.05) is 11.3 Å². The number of fused-ring (bicyclic) bond motifs is 1. The Morgan fingerprint density at radius 3 is 2.94 bits per heavy atom. The lowest BCUT2D eigenvalue weighted by Gasteiger charge is -2.07. The molecule has 0 fully saturated rings. The first-order valence-electron chi connectivity index (χ1n) is 5.63. The van der Waals surface area contributed by atoms with Gasteiger partial charge in [-0.2, -0.15) is 9.97 Å². The second-order valence-electron chi connectivity index (χ2n) is 4.26. The minimum Gasteiger partial charge on any atom is -0.392 e. The van der Waals surface area contributed by atoms with Crippen LogP contribution in [0.2, 0.25) is 0 Å². The van der Waals surface area contributed by atoms with Gasteiger partial charge in [-0.05, 0) is 18.4 Å². The number of nitrogens with zero attached hydrogens (tertiary/aromatic N) is 5. The summed E-state index contributed by atoms with van der Waals surface area (Å²) in [6.07, 6.45) is 3.68. The summed E-state index contributed by atoms with van der Waals surface area (Å²) in [7, 11) is 0. The largest absolute Gasteiger partial charge is 0.392 e. The number of hydrogen-bond acceptors (Lipinski definition) is 7. The Labute approximate surface area is 102 Å². The van der Waals surface area contributed by atoms with E-state index in [0.717, 1.165) is 18.4 Å². The Hall–Kier alpha value is -2.22. The van der Waals surface area contributed by atoms with E-state index >= 15 is 0 Å². The molecule has 8 nitrogen and oxygen atoms in total. The molecule has 2 heterocycles. The van der Waals surface area contributed by atoms with Gasteiger partial charge >= 0.3 is 0 Å². The highest BCUT2D eigenvalue weighted by Gasteiger charge is 2.22. The van der Waals surface area contributed by atoms with Gasteiger partial charge in [0.25, 0.3) is 0 Å². The SMILES string of the molecule is Nc1nc(N)c2nnn(C3C=C(CO)CC3)c2n1. The molecule has 1 atom stereocenters. The summed E-state index contributed by atoms with van der Waals surface area (Å²) in [5.41, 5.74) is 13.3. The van der Waals surface area contributed by atoms with Gasteiger partial charge in [0, 0.05) is 0 Å². The molecule has 0 aliphatic heterocycles. The minimum absolute atomic E-state index is 0.0332. The van der Waals surface area contributed by atoms with Crippen LogP contribution in [0.5, 0.6) is 0 Å². The van der Waals surface area contributed by atoms with Crippen LogP contribution in [0.15, 0.2) is 11.6 Å². The standard InChI is InChI=1S/C10H13N7O/c11-8-7-9(14-10(12)13-8)17(16-15-7)6-2-1-5(3-6)4-18/h3,6,18H,1-2,4H2,(H4,11,12,13,14). The lowest BCUT2D eigenvalue weighted by Crippen LogP contribution is -2.08. The average molecular weight is 247 g/mol. The number of nitrogen functional groups attached to an aromatic ring is 2. The van der Waals surface area contributed by atoms with E-state index in [2.05, 4.69) is 20.3 Å². The highest BCUT2D eigenvalue weighted by Crippen LogP contribution is 2.29.